The second-order valence-corrected chi connectivity index (χ2v) is 4.46. The number of carbonyl (C=O) groups excluding carboxylic acids is 1. The SMILES string of the molecule is Cc1ccc(Cl)cc1C(=O)c1ccc(N)c(F)c1. The van der Waals surface area contributed by atoms with E-state index in [1.54, 1.807) is 25.1 Å². The van der Waals surface area contributed by atoms with E-state index in [2.05, 4.69) is 0 Å². The van der Waals surface area contributed by atoms with Crippen molar-refractivity contribution in [3.8, 4) is 0 Å². The molecule has 2 aromatic carbocycles. The van der Waals surface area contributed by atoms with Crippen LogP contribution >= 0.6 is 11.6 Å². The smallest absolute Gasteiger partial charge is 0.193 e. The molecule has 2 nitrogen and oxygen atoms in total. The molecule has 0 amide bonds. The summed E-state index contributed by atoms with van der Waals surface area (Å²) in [7, 11) is 0. The highest BCUT2D eigenvalue weighted by atomic mass is 35.5. The second kappa shape index (κ2) is 4.78. The van der Waals surface area contributed by atoms with E-state index in [0.29, 0.717) is 10.6 Å². The summed E-state index contributed by atoms with van der Waals surface area (Å²) in [5.41, 5.74) is 6.91. The van der Waals surface area contributed by atoms with Crippen LogP contribution in [0.25, 0.3) is 0 Å². The zero-order valence-electron chi connectivity index (χ0n) is 9.71. The summed E-state index contributed by atoms with van der Waals surface area (Å²) in [6.07, 6.45) is 0. The second-order valence-electron chi connectivity index (χ2n) is 4.02. The first-order valence-corrected chi connectivity index (χ1v) is 5.72. The van der Waals surface area contributed by atoms with E-state index in [9.17, 15) is 9.18 Å². The minimum Gasteiger partial charge on any atom is -0.396 e. The van der Waals surface area contributed by atoms with Crippen molar-refractivity contribution >= 4 is 23.1 Å². The molecule has 2 aromatic rings. The predicted molar refractivity (Wildman–Crippen MR) is 70.4 cm³/mol. The number of nitrogens with two attached hydrogens (primary N) is 1. The lowest BCUT2D eigenvalue weighted by Crippen LogP contribution is -2.05. The van der Waals surface area contributed by atoms with Crippen molar-refractivity contribution in [1.82, 2.24) is 0 Å². The van der Waals surface area contributed by atoms with Gasteiger partial charge < -0.3 is 5.73 Å². The van der Waals surface area contributed by atoms with Crippen LogP contribution in [0.4, 0.5) is 10.1 Å². The van der Waals surface area contributed by atoms with Crippen LogP contribution in [0.2, 0.25) is 5.02 Å². The minimum absolute atomic E-state index is 0.0226. The normalized spacial score (nSPS) is 10.4. The Bertz CT molecular complexity index is 625. The summed E-state index contributed by atoms with van der Waals surface area (Å²) >= 11 is 5.86. The van der Waals surface area contributed by atoms with Crippen LogP contribution in [0.15, 0.2) is 36.4 Å². The quantitative estimate of drug-likeness (QED) is 0.664. The van der Waals surface area contributed by atoms with E-state index in [1.807, 2.05) is 0 Å². The number of carbonyl (C=O) groups is 1. The Morgan fingerprint density at radius 3 is 2.61 bits per heavy atom. The maximum Gasteiger partial charge on any atom is 0.193 e. The third-order valence-electron chi connectivity index (χ3n) is 2.71. The van der Waals surface area contributed by atoms with Gasteiger partial charge in [-0.2, -0.15) is 0 Å². The lowest BCUT2D eigenvalue weighted by molar-refractivity contribution is 0.103. The van der Waals surface area contributed by atoms with Gasteiger partial charge in [-0.15, -0.1) is 0 Å². The van der Waals surface area contributed by atoms with Crippen molar-refractivity contribution in [2.75, 3.05) is 5.73 Å². The molecule has 0 saturated heterocycles. The lowest BCUT2D eigenvalue weighted by Gasteiger charge is -2.06. The number of ketones is 1. The topological polar surface area (TPSA) is 43.1 Å². The molecule has 4 heteroatoms. The number of nitrogen functional groups attached to an aromatic ring is 1. The number of anilines is 1. The Hall–Kier alpha value is -1.87. The Labute approximate surface area is 109 Å². The van der Waals surface area contributed by atoms with Crippen molar-refractivity contribution in [2.24, 2.45) is 0 Å². The molecule has 0 aliphatic carbocycles. The number of hydrogen-bond acceptors (Lipinski definition) is 2. The first kappa shape index (κ1) is 12.6. The molecule has 2 N–H and O–H groups in total. The molecule has 2 rings (SSSR count). The molecule has 0 heterocycles. The third kappa shape index (κ3) is 2.36. The van der Waals surface area contributed by atoms with Crippen molar-refractivity contribution in [2.45, 2.75) is 6.92 Å². The number of hydrogen-bond donors (Lipinski definition) is 1. The van der Waals surface area contributed by atoms with E-state index < -0.39 is 5.82 Å². The molecule has 0 unspecified atom stereocenters. The molecule has 0 spiro atoms. The molecule has 18 heavy (non-hydrogen) atoms. The van der Waals surface area contributed by atoms with Gasteiger partial charge in [0, 0.05) is 16.1 Å². The Balaban J connectivity index is 2.47. The number of benzene rings is 2. The van der Waals surface area contributed by atoms with Gasteiger partial charge in [0.1, 0.15) is 5.82 Å². The van der Waals surface area contributed by atoms with Gasteiger partial charge in [0.15, 0.2) is 5.78 Å². The lowest BCUT2D eigenvalue weighted by atomic mass is 9.99. The average molecular weight is 264 g/mol. The van der Waals surface area contributed by atoms with Gasteiger partial charge in [0.25, 0.3) is 0 Å². The summed E-state index contributed by atoms with van der Waals surface area (Å²) in [6.45, 7) is 1.80. The van der Waals surface area contributed by atoms with Crippen LogP contribution in [-0.2, 0) is 0 Å². The minimum atomic E-state index is -0.597. The van der Waals surface area contributed by atoms with E-state index in [-0.39, 0.29) is 17.0 Å². The first-order valence-electron chi connectivity index (χ1n) is 5.35. The third-order valence-corrected chi connectivity index (χ3v) is 2.94. The summed E-state index contributed by atoms with van der Waals surface area (Å²) in [5.74, 6) is -0.866. The van der Waals surface area contributed by atoms with Crippen LogP contribution in [-0.4, -0.2) is 5.78 Å². The van der Waals surface area contributed by atoms with Crippen LogP contribution < -0.4 is 5.73 Å². The highest BCUT2D eigenvalue weighted by Crippen LogP contribution is 2.20. The number of aryl methyl sites for hydroxylation is 1. The maximum atomic E-state index is 13.3. The van der Waals surface area contributed by atoms with E-state index in [1.165, 1.54) is 12.1 Å². The predicted octanol–water partition coefficient (Wildman–Crippen LogP) is 3.60. The van der Waals surface area contributed by atoms with Crippen LogP contribution in [0.5, 0.6) is 0 Å². The van der Waals surface area contributed by atoms with Gasteiger partial charge in [-0.05, 0) is 42.8 Å². The molecule has 0 atom stereocenters. The van der Waals surface area contributed by atoms with E-state index in [4.69, 9.17) is 17.3 Å². The molecule has 0 saturated carbocycles. The molecule has 0 aliphatic rings. The fraction of sp³-hybridized carbons (Fsp3) is 0.0714. The van der Waals surface area contributed by atoms with Gasteiger partial charge in [-0.25, -0.2) is 4.39 Å². The summed E-state index contributed by atoms with van der Waals surface area (Å²) in [4.78, 5) is 12.2. The van der Waals surface area contributed by atoms with Gasteiger partial charge in [0.05, 0.1) is 5.69 Å². The zero-order chi connectivity index (χ0) is 13.3. The largest absolute Gasteiger partial charge is 0.396 e. The molecule has 0 radical (unpaired) electrons. The van der Waals surface area contributed by atoms with Crippen LogP contribution in [0.1, 0.15) is 21.5 Å². The summed E-state index contributed by atoms with van der Waals surface area (Å²) in [6, 6.07) is 9.05. The summed E-state index contributed by atoms with van der Waals surface area (Å²) in [5, 5.41) is 0.472. The highest BCUT2D eigenvalue weighted by Gasteiger charge is 2.13. The van der Waals surface area contributed by atoms with E-state index in [0.717, 1.165) is 11.6 Å². The molecule has 0 bridgehead atoms. The van der Waals surface area contributed by atoms with Crippen molar-refractivity contribution in [3.63, 3.8) is 0 Å². The molecule has 0 fully saturated rings. The zero-order valence-corrected chi connectivity index (χ0v) is 10.5. The molecule has 0 aliphatic heterocycles. The fourth-order valence-electron chi connectivity index (χ4n) is 1.66. The monoisotopic (exact) mass is 263 g/mol. The summed E-state index contributed by atoms with van der Waals surface area (Å²) < 4.78 is 13.3. The Kier molecular flexibility index (Phi) is 3.34. The van der Waals surface area contributed by atoms with Gasteiger partial charge >= 0.3 is 0 Å². The average Bonchev–Trinajstić information content (AvgIpc) is 2.35. The van der Waals surface area contributed by atoms with E-state index >= 15 is 0 Å². The Morgan fingerprint density at radius 1 is 1.22 bits per heavy atom. The van der Waals surface area contributed by atoms with Crippen molar-refractivity contribution in [1.29, 1.82) is 0 Å². The van der Waals surface area contributed by atoms with Gasteiger partial charge in [-0.3, -0.25) is 4.79 Å². The standard InChI is InChI=1S/C14H11ClFNO/c1-8-2-4-10(15)7-11(8)14(18)9-3-5-13(17)12(16)6-9/h2-7H,17H2,1H3. The van der Waals surface area contributed by atoms with Crippen LogP contribution in [0, 0.1) is 12.7 Å². The highest BCUT2D eigenvalue weighted by molar-refractivity contribution is 6.31. The molecular weight excluding hydrogens is 253 g/mol. The fourth-order valence-corrected chi connectivity index (χ4v) is 1.83. The maximum absolute atomic E-state index is 13.3. The van der Waals surface area contributed by atoms with Gasteiger partial charge in [-0.1, -0.05) is 17.7 Å². The number of halogens is 2. The van der Waals surface area contributed by atoms with Gasteiger partial charge in [0.2, 0.25) is 0 Å². The molecule has 92 valence electrons. The van der Waals surface area contributed by atoms with Crippen molar-refractivity contribution in [3.05, 3.63) is 63.9 Å². The van der Waals surface area contributed by atoms with Crippen molar-refractivity contribution < 1.29 is 9.18 Å². The van der Waals surface area contributed by atoms with Crippen LogP contribution in [0.3, 0.4) is 0 Å². The first-order chi connectivity index (χ1) is 8.49. The molecular formula is C14H11ClFNO. The molecule has 0 aromatic heterocycles. The Morgan fingerprint density at radius 2 is 1.94 bits per heavy atom. The number of rotatable bonds is 2.